The van der Waals surface area contributed by atoms with E-state index in [2.05, 4.69) is 0 Å². The maximum atomic E-state index is 11.9. The summed E-state index contributed by atoms with van der Waals surface area (Å²) in [7, 11) is 0. The van der Waals surface area contributed by atoms with Crippen molar-refractivity contribution in [2.24, 2.45) is 0 Å². The second kappa shape index (κ2) is 5.13. The zero-order valence-corrected chi connectivity index (χ0v) is 12.5. The summed E-state index contributed by atoms with van der Waals surface area (Å²) in [5.41, 5.74) is 0.182. The van der Waals surface area contributed by atoms with Gasteiger partial charge in [0.15, 0.2) is 16.9 Å². The van der Waals surface area contributed by atoms with Crippen molar-refractivity contribution in [2.75, 3.05) is 0 Å². The maximum Gasteiger partial charge on any atom is 0.371 e. The summed E-state index contributed by atoms with van der Waals surface area (Å²) < 4.78 is 10.9. The van der Waals surface area contributed by atoms with Gasteiger partial charge in [-0.05, 0) is 24.3 Å². The van der Waals surface area contributed by atoms with E-state index in [1.165, 1.54) is 36.4 Å². The fraction of sp³-hybridized carbons (Fsp3) is 0. The zero-order chi connectivity index (χ0) is 17.7. The van der Waals surface area contributed by atoms with Crippen LogP contribution in [-0.2, 0) is 0 Å². The van der Waals surface area contributed by atoms with Crippen LogP contribution in [0.3, 0.4) is 0 Å². The minimum atomic E-state index is -1.33. The van der Waals surface area contributed by atoms with Gasteiger partial charge in [-0.1, -0.05) is 0 Å². The Morgan fingerprint density at radius 3 is 2.20 bits per heavy atom. The van der Waals surface area contributed by atoms with Gasteiger partial charge in [-0.15, -0.1) is 0 Å². The molecule has 4 rings (SSSR count). The fourth-order valence-corrected chi connectivity index (χ4v) is 2.72. The van der Waals surface area contributed by atoms with Crippen LogP contribution in [0, 0.1) is 0 Å². The van der Waals surface area contributed by atoms with Gasteiger partial charge in [-0.25, -0.2) is 4.79 Å². The lowest BCUT2D eigenvalue weighted by atomic mass is 10.0. The maximum absolute atomic E-state index is 11.9. The molecule has 0 aliphatic heterocycles. The van der Waals surface area contributed by atoms with E-state index >= 15 is 0 Å². The number of benzene rings is 2. The van der Waals surface area contributed by atoms with Crippen molar-refractivity contribution in [3.63, 3.8) is 0 Å². The first kappa shape index (κ1) is 14.8. The molecule has 0 fully saturated rings. The standard InChI is InChI=1S/C18H10O7/c19-9-3-1-8(2-4-9)17-16(21)11-7-14(18(22)23)24-12-5-10(20)6-13(25-17)15(11)12/h1-7,19,21H,(H,22,23). The zero-order valence-electron chi connectivity index (χ0n) is 12.5. The molecule has 4 aromatic rings. The van der Waals surface area contributed by atoms with E-state index in [0.29, 0.717) is 10.9 Å². The number of phenolic OH excluding ortho intramolecular Hbond substituents is 1. The van der Waals surface area contributed by atoms with Crippen molar-refractivity contribution in [3.8, 4) is 22.8 Å². The number of carbonyl (C=O) groups is 1. The lowest BCUT2D eigenvalue weighted by molar-refractivity contribution is 0.0663. The molecular formula is C18H10O7. The third-order valence-electron chi connectivity index (χ3n) is 3.83. The van der Waals surface area contributed by atoms with Crippen molar-refractivity contribution in [1.29, 1.82) is 0 Å². The fourth-order valence-electron chi connectivity index (χ4n) is 2.72. The number of aromatic carboxylic acids is 1. The Morgan fingerprint density at radius 2 is 1.56 bits per heavy atom. The van der Waals surface area contributed by atoms with Gasteiger partial charge < -0.3 is 24.2 Å². The molecule has 3 N–H and O–H groups in total. The highest BCUT2D eigenvalue weighted by atomic mass is 16.4. The van der Waals surface area contributed by atoms with E-state index in [4.69, 9.17) is 8.83 Å². The molecule has 2 aromatic carbocycles. The molecule has 2 aromatic heterocycles. The predicted molar refractivity (Wildman–Crippen MR) is 88.0 cm³/mol. The molecule has 7 nitrogen and oxygen atoms in total. The molecule has 124 valence electrons. The second-order valence-electron chi connectivity index (χ2n) is 5.45. The van der Waals surface area contributed by atoms with Crippen molar-refractivity contribution in [3.05, 3.63) is 58.4 Å². The molecule has 0 saturated heterocycles. The number of phenols is 1. The van der Waals surface area contributed by atoms with Crippen LogP contribution in [0.1, 0.15) is 10.6 Å². The van der Waals surface area contributed by atoms with Crippen LogP contribution < -0.4 is 5.43 Å². The summed E-state index contributed by atoms with van der Waals surface area (Å²) in [5.74, 6) is -1.96. The largest absolute Gasteiger partial charge is 0.508 e. The van der Waals surface area contributed by atoms with Crippen LogP contribution >= 0.6 is 0 Å². The number of aromatic hydroxyl groups is 2. The van der Waals surface area contributed by atoms with Gasteiger partial charge in [0.25, 0.3) is 0 Å². The lowest BCUT2D eigenvalue weighted by Gasteiger charge is -2.11. The SMILES string of the molecule is O=C(O)c1cc2c(O)c(-c3ccc(O)cc3)oc3cc(=O)cc(o1)c32. The summed E-state index contributed by atoms with van der Waals surface area (Å²) in [6.07, 6.45) is 0. The number of rotatable bonds is 2. The molecule has 0 aliphatic carbocycles. The van der Waals surface area contributed by atoms with E-state index < -0.39 is 17.2 Å². The molecule has 2 heterocycles. The number of hydrogen-bond donors (Lipinski definition) is 3. The monoisotopic (exact) mass is 338 g/mol. The highest BCUT2D eigenvalue weighted by molar-refractivity contribution is 6.10. The third kappa shape index (κ3) is 2.29. The number of hydrogen-bond acceptors (Lipinski definition) is 6. The molecule has 0 atom stereocenters. The Labute approximate surface area is 139 Å². The Hall–Kier alpha value is -3.74. The molecule has 0 bridgehead atoms. The smallest absolute Gasteiger partial charge is 0.371 e. The van der Waals surface area contributed by atoms with Crippen LogP contribution in [0.2, 0.25) is 0 Å². The van der Waals surface area contributed by atoms with Crippen molar-refractivity contribution in [2.45, 2.75) is 0 Å². The van der Waals surface area contributed by atoms with Gasteiger partial charge in [0.05, 0.1) is 5.39 Å². The minimum absolute atomic E-state index is 0.00806. The molecule has 0 radical (unpaired) electrons. The van der Waals surface area contributed by atoms with Crippen LogP contribution in [0.25, 0.3) is 33.3 Å². The summed E-state index contributed by atoms with van der Waals surface area (Å²) in [5, 5.41) is 29.7. The van der Waals surface area contributed by atoms with E-state index in [0.717, 1.165) is 6.07 Å². The summed E-state index contributed by atoms with van der Waals surface area (Å²) in [6, 6.07) is 9.42. The van der Waals surface area contributed by atoms with Crippen LogP contribution in [0.5, 0.6) is 11.5 Å². The summed E-state index contributed by atoms with van der Waals surface area (Å²) >= 11 is 0. The first-order chi connectivity index (χ1) is 11.9. The number of carboxylic acid groups (broad SMARTS) is 1. The normalized spacial score (nSPS) is 11.2. The molecule has 0 aliphatic rings. The highest BCUT2D eigenvalue weighted by Crippen LogP contribution is 2.41. The molecule has 0 amide bonds. The Morgan fingerprint density at radius 1 is 0.920 bits per heavy atom. The lowest BCUT2D eigenvalue weighted by Crippen LogP contribution is -2.01. The Balaban J connectivity index is 2.16. The first-order valence-corrected chi connectivity index (χ1v) is 7.20. The average Bonchev–Trinajstić information content (AvgIpc) is 2.57. The van der Waals surface area contributed by atoms with Gasteiger partial charge in [0, 0.05) is 29.1 Å². The van der Waals surface area contributed by atoms with E-state index in [9.17, 15) is 24.9 Å². The van der Waals surface area contributed by atoms with Gasteiger partial charge in [-0.3, -0.25) is 4.79 Å². The van der Waals surface area contributed by atoms with Gasteiger partial charge in [0.2, 0.25) is 5.76 Å². The van der Waals surface area contributed by atoms with Gasteiger partial charge >= 0.3 is 5.97 Å². The van der Waals surface area contributed by atoms with Crippen LogP contribution in [-0.4, -0.2) is 21.3 Å². The molecule has 0 unspecified atom stereocenters. The van der Waals surface area contributed by atoms with Crippen molar-refractivity contribution in [1.82, 2.24) is 0 Å². The van der Waals surface area contributed by atoms with E-state index in [1.54, 1.807) is 0 Å². The third-order valence-corrected chi connectivity index (χ3v) is 3.83. The Bertz CT molecular complexity index is 1200. The predicted octanol–water partition coefficient (Wildman–Crippen LogP) is 3.32. The minimum Gasteiger partial charge on any atom is -0.508 e. The van der Waals surface area contributed by atoms with E-state index in [1.807, 2.05) is 0 Å². The first-order valence-electron chi connectivity index (χ1n) is 7.20. The quantitative estimate of drug-likeness (QED) is 0.512. The summed E-state index contributed by atoms with van der Waals surface area (Å²) in [6.45, 7) is 0. The Kier molecular flexibility index (Phi) is 3.04. The topological polar surface area (TPSA) is 121 Å². The van der Waals surface area contributed by atoms with Gasteiger partial charge in [0.1, 0.15) is 16.9 Å². The van der Waals surface area contributed by atoms with Crippen molar-refractivity contribution < 1.29 is 28.9 Å². The number of carboxylic acids is 1. The molecule has 0 spiro atoms. The molecule has 25 heavy (non-hydrogen) atoms. The molecule has 0 saturated carbocycles. The second-order valence-corrected chi connectivity index (χ2v) is 5.45. The van der Waals surface area contributed by atoms with Crippen LogP contribution in [0.4, 0.5) is 0 Å². The van der Waals surface area contributed by atoms with Crippen LogP contribution in [0.15, 0.2) is 56.1 Å². The molecular weight excluding hydrogens is 328 g/mol. The summed E-state index contributed by atoms with van der Waals surface area (Å²) in [4.78, 5) is 23.1. The highest BCUT2D eigenvalue weighted by Gasteiger charge is 2.20. The molecule has 7 heteroatoms. The van der Waals surface area contributed by atoms with E-state index in [-0.39, 0.29) is 33.8 Å². The average molecular weight is 338 g/mol. The van der Waals surface area contributed by atoms with Gasteiger partial charge in [-0.2, -0.15) is 0 Å². The van der Waals surface area contributed by atoms with Crippen molar-refractivity contribution >= 4 is 27.9 Å².